The van der Waals surface area contributed by atoms with E-state index in [1.165, 1.54) is 30.2 Å². The number of amides is 6. The molecule has 6 amide bonds. The lowest BCUT2D eigenvalue weighted by atomic mass is 9.77. The molecule has 1 aliphatic carbocycles. The monoisotopic (exact) mass is 951 g/mol. The molecular weight excluding hydrogens is 900 g/mol. The highest BCUT2D eigenvalue weighted by Crippen LogP contribution is 2.56. The molecule has 0 radical (unpaired) electrons. The molecule has 2 unspecified atom stereocenters. The van der Waals surface area contributed by atoms with E-state index < -0.39 is 35.1 Å². The summed E-state index contributed by atoms with van der Waals surface area (Å²) in [5.74, 6) is -3.73. The highest BCUT2D eigenvalue weighted by atomic mass is 35.5. The third-order valence-corrected chi connectivity index (χ3v) is 14.4. The van der Waals surface area contributed by atoms with Crippen LogP contribution in [0.15, 0.2) is 66.7 Å². The van der Waals surface area contributed by atoms with Crippen molar-refractivity contribution in [2.45, 2.75) is 56.6 Å². The second kappa shape index (κ2) is 18.7. The first kappa shape index (κ1) is 46.3. The molecule has 68 heavy (non-hydrogen) atoms. The summed E-state index contributed by atoms with van der Waals surface area (Å²) in [6.07, 6.45) is 2.69. The molecule has 356 valence electrons. The molecule has 2 saturated heterocycles. The van der Waals surface area contributed by atoms with Crippen LogP contribution in [0.1, 0.15) is 66.4 Å². The molecule has 0 spiro atoms. The SMILES string of the molecule is COc1ccc(C(N)=O)c(-c2c(Cl)c(F)cc3c2C(C)C(CNC2CCC(C(=O)NCC(=O)N4CCN(c5cccc6c(N7CCC(=O)NC7=O)nn(C)c56)CC4)CC2)(c2ccccc2)O3)c1F. The minimum absolute atomic E-state index is 0.00658. The molecule has 2 atom stereocenters. The zero-order valence-electron chi connectivity index (χ0n) is 37.9. The van der Waals surface area contributed by atoms with Crippen molar-refractivity contribution in [1.29, 1.82) is 0 Å². The van der Waals surface area contributed by atoms with Gasteiger partial charge >= 0.3 is 6.03 Å². The molecule has 4 aromatic carbocycles. The van der Waals surface area contributed by atoms with Gasteiger partial charge in [-0.25, -0.2) is 13.6 Å². The van der Waals surface area contributed by atoms with Crippen molar-refractivity contribution < 1.29 is 42.2 Å². The Labute approximate surface area is 396 Å². The van der Waals surface area contributed by atoms with Crippen molar-refractivity contribution in [3.05, 3.63) is 100 Å². The van der Waals surface area contributed by atoms with E-state index in [0.29, 0.717) is 63.2 Å². The van der Waals surface area contributed by atoms with Crippen LogP contribution in [-0.4, -0.2) is 103 Å². The number of halogens is 3. The van der Waals surface area contributed by atoms with Crippen molar-refractivity contribution >= 4 is 63.7 Å². The largest absolute Gasteiger partial charge is 0.494 e. The zero-order valence-corrected chi connectivity index (χ0v) is 38.6. The number of nitrogens with zero attached hydrogens (tertiary/aromatic N) is 5. The minimum Gasteiger partial charge on any atom is -0.494 e. The average Bonchev–Trinajstić information content (AvgIpc) is 3.83. The average molecular weight is 952 g/mol. The Bertz CT molecular complexity index is 2830. The standard InChI is InChI=1S/C49H52ClF2N9O7/c1-27-39-36(24-33(51)42(50)41(39)40-31(45(53)64)16-17-35(67-3)43(40)52)68-49(27,29-8-5-4-6-9-29)26-55-30-14-12-28(13-15-30)47(65)54-25-38(63)60-22-20-59(21-23-60)34-11-7-10-32-44(34)58(2)57-46(32)61-19-18-37(62)56-48(61)66/h4-11,16-17,24,27-28,30,55H,12-15,18-23,25-26H2,1-3H3,(H2,53,64)(H,54,65)(H,56,62,66). The normalized spacial score (nSPS) is 21.6. The quantitative estimate of drug-likeness (QED) is 0.120. The first-order valence-corrected chi connectivity index (χ1v) is 23.1. The molecule has 4 aliphatic rings. The van der Waals surface area contributed by atoms with E-state index in [1.54, 1.807) is 9.58 Å². The van der Waals surface area contributed by atoms with Gasteiger partial charge in [0.05, 0.1) is 35.4 Å². The van der Waals surface area contributed by atoms with Gasteiger partial charge in [0.25, 0.3) is 0 Å². The summed E-state index contributed by atoms with van der Waals surface area (Å²) in [5, 5.41) is 14.0. The number of carbonyl (C=O) groups is 5. The number of primary amides is 1. The van der Waals surface area contributed by atoms with E-state index in [1.807, 2.05) is 62.5 Å². The van der Waals surface area contributed by atoms with E-state index in [4.69, 9.17) is 26.8 Å². The zero-order chi connectivity index (χ0) is 48.0. The van der Waals surface area contributed by atoms with Crippen LogP contribution in [0.5, 0.6) is 11.5 Å². The van der Waals surface area contributed by atoms with Crippen molar-refractivity contribution in [2.75, 3.05) is 62.7 Å². The second-order valence-electron chi connectivity index (χ2n) is 17.8. The number of aromatic nitrogens is 2. The van der Waals surface area contributed by atoms with Crippen molar-refractivity contribution in [3.63, 3.8) is 0 Å². The van der Waals surface area contributed by atoms with Crippen LogP contribution in [0, 0.1) is 17.6 Å². The van der Waals surface area contributed by atoms with Gasteiger partial charge in [0.2, 0.25) is 23.6 Å². The maximum atomic E-state index is 16.2. The van der Waals surface area contributed by atoms with E-state index in [2.05, 4.69) is 25.9 Å². The number of urea groups is 1. The third-order valence-electron chi connectivity index (χ3n) is 14.0. The predicted molar refractivity (Wildman–Crippen MR) is 251 cm³/mol. The van der Waals surface area contributed by atoms with E-state index in [9.17, 15) is 24.0 Å². The Hall–Kier alpha value is -6.79. The first-order valence-electron chi connectivity index (χ1n) is 22.7. The summed E-state index contributed by atoms with van der Waals surface area (Å²) in [7, 11) is 3.10. The Morgan fingerprint density at radius 1 is 0.971 bits per heavy atom. The highest BCUT2D eigenvalue weighted by Gasteiger charge is 2.50. The van der Waals surface area contributed by atoms with Crippen molar-refractivity contribution in [3.8, 4) is 22.6 Å². The van der Waals surface area contributed by atoms with Crippen molar-refractivity contribution in [1.82, 2.24) is 30.6 Å². The fourth-order valence-corrected chi connectivity index (χ4v) is 10.6. The van der Waals surface area contributed by atoms with Gasteiger partial charge in [0.1, 0.15) is 11.6 Å². The second-order valence-corrected chi connectivity index (χ2v) is 18.2. The molecule has 16 nitrogen and oxygen atoms in total. The number of ether oxygens (including phenoxy) is 2. The van der Waals surface area contributed by atoms with E-state index in [-0.39, 0.29) is 88.9 Å². The molecule has 1 aromatic heterocycles. The van der Waals surface area contributed by atoms with Gasteiger partial charge in [-0.2, -0.15) is 5.10 Å². The number of benzene rings is 4. The molecule has 9 rings (SSSR count). The van der Waals surface area contributed by atoms with Gasteiger partial charge in [0.15, 0.2) is 23.0 Å². The lowest BCUT2D eigenvalue weighted by Crippen LogP contribution is -2.52. The number of para-hydroxylation sites is 1. The van der Waals surface area contributed by atoms with E-state index >= 15 is 8.78 Å². The number of methoxy groups -OCH3 is 1. The summed E-state index contributed by atoms with van der Waals surface area (Å²) in [6.45, 7) is 4.30. The van der Waals surface area contributed by atoms with Crippen molar-refractivity contribution in [2.24, 2.45) is 18.7 Å². The van der Waals surface area contributed by atoms with Gasteiger partial charge in [-0.1, -0.05) is 54.9 Å². The van der Waals surface area contributed by atoms with Crippen LogP contribution >= 0.6 is 11.6 Å². The van der Waals surface area contributed by atoms with Crippen LogP contribution in [0.25, 0.3) is 22.0 Å². The molecule has 19 heteroatoms. The fraction of sp³-hybridized carbons (Fsp3) is 0.388. The maximum Gasteiger partial charge on any atom is 0.329 e. The van der Waals surface area contributed by atoms with Gasteiger partial charge in [-0.3, -0.25) is 34.1 Å². The van der Waals surface area contributed by atoms with Gasteiger partial charge in [-0.15, -0.1) is 0 Å². The maximum absolute atomic E-state index is 16.2. The molecule has 0 bridgehead atoms. The molecule has 3 fully saturated rings. The lowest BCUT2D eigenvalue weighted by Gasteiger charge is -2.37. The summed E-state index contributed by atoms with van der Waals surface area (Å²) in [6, 6.07) is 18.5. The number of imide groups is 1. The van der Waals surface area contributed by atoms with Crippen LogP contribution in [0.4, 0.5) is 25.1 Å². The smallest absolute Gasteiger partial charge is 0.329 e. The number of rotatable bonds is 12. The Morgan fingerprint density at radius 2 is 1.71 bits per heavy atom. The fourth-order valence-electron chi connectivity index (χ4n) is 10.4. The lowest BCUT2D eigenvalue weighted by molar-refractivity contribution is -0.134. The summed E-state index contributed by atoms with van der Waals surface area (Å²) in [5.41, 5.74) is 7.05. The Kier molecular flexibility index (Phi) is 12.7. The van der Waals surface area contributed by atoms with Gasteiger partial charge < -0.3 is 35.6 Å². The molecule has 5 aromatic rings. The number of carbonyl (C=O) groups excluding carboxylic acids is 5. The van der Waals surface area contributed by atoms with Crippen LogP contribution in [0.3, 0.4) is 0 Å². The number of nitrogens with one attached hydrogen (secondary N) is 3. The summed E-state index contributed by atoms with van der Waals surface area (Å²) >= 11 is 6.67. The minimum atomic E-state index is -1.12. The first-order chi connectivity index (χ1) is 32.7. The molecular formula is C49H52ClF2N9O7. The molecule has 1 saturated carbocycles. The van der Waals surface area contributed by atoms with Crippen LogP contribution < -0.4 is 41.0 Å². The van der Waals surface area contributed by atoms with Crippen LogP contribution in [0.2, 0.25) is 5.02 Å². The number of hydrogen-bond donors (Lipinski definition) is 4. The molecule has 5 N–H and O–H groups in total. The number of nitrogens with two attached hydrogens (primary N) is 1. The van der Waals surface area contributed by atoms with Crippen LogP contribution in [-0.2, 0) is 27.0 Å². The summed E-state index contributed by atoms with van der Waals surface area (Å²) < 4.78 is 45.7. The molecule has 4 heterocycles. The van der Waals surface area contributed by atoms with E-state index in [0.717, 1.165) is 22.2 Å². The number of aryl methyl sites for hydroxylation is 1. The third kappa shape index (κ3) is 8.33. The number of piperazine rings is 1. The summed E-state index contributed by atoms with van der Waals surface area (Å²) in [4.78, 5) is 69.3. The highest BCUT2D eigenvalue weighted by molar-refractivity contribution is 6.34. The predicted octanol–water partition coefficient (Wildman–Crippen LogP) is 5.73. The van der Waals surface area contributed by atoms with Gasteiger partial charge in [0, 0.05) is 98.8 Å². The van der Waals surface area contributed by atoms with Gasteiger partial charge in [-0.05, 0) is 55.5 Å². The topological polar surface area (TPSA) is 193 Å². The number of anilines is 2. The Morgan fingerprint density at radius 3 is 2.40 bits per heavy atom. The molecule has 3 aliphatic heterocycles. The Balaban J connectivity index is 0.815. The number of fused-ring (bicyclic) bond motifs is 2. The number of hydrogen-bond acceptors (Lipinski definition) is 10.